The van der Waals surface area contributed by atoms with E-state index in [1.165, 1.54) is 0 Å². The summed E-state index contributed by atoms with van der Waals surface area (Å²) in [5, 5.41) is 7.18. The summed E-state index contributed by atoms with van der Waals surface area (Å²) in [6, 6.07) is 13.8. The van der Waals surface area contributed by atoms with Crippen LogP contribution in [0.5, 0.6) is 11.5 Å². The number of aromatic nitrogens is 1. The first-order chi connectivity index (χ1) is 13.6. The maximum atomic E-state index is 12.0. The Labute approximate surface area is 165 Å². The van der Waals surface area contributed by atoms with Gasteiger partial charge in [-0.25, -0.2) is 0 Å². The molecule has 0 saturated carbocycles. The zero-order valence-corrected chi connectivity index (χ0v) is 16.7. The monoisotopic (exact) mass is 381 g/mol. The van der Waals surface area contributed by atoms with Gasteiger partial charge in [-0.15, -0.1) is 0 Å². The quantitative estimate of drug-likeness (QED) is 0.561. The van der Waals surface area contributed by atoms with E-state index in [-0.39, 0.29) is 17.9 Å². The van der Waals surface area contributed by atoms with Crippen molar-refractivity contribution in [2.75, 3.05) is 27.8 Å². The van der Waals surface area contributed by atoms with Crippen LogP contribution in [-0.2, 0) is 4.79 Å². The average molecular weight is 381 g/mol. The molecule has 148 valence electrons. The second kappa shape index (κ2) is 8.80. The topological polar surface area (TPSA) is 75.4 Å². The number of benzene rings is 2. The number of para-hydroxylation sites is 2. The van der Waals surface area contributed by atoms with Gasteiger partial charge in [0.1, 0.15) is 0 Å². The molecular weight excluding hydrogens is 354 g/mol. The van der Waals surface area contributed by atoms with E-state index >= 15 is 0 Å². The summed E-state index contributed by atoms with van der Waals surface area (Å²) < 4.78 is 11.2. The third kappa shape index (κ3) is 3.82. The van der Waals surface area contributed by atoms with Gasteiger partial charge in [0.15, 0.2) is 11.5 Å². The van der Waals surface area contributed by atoms with Crippen LogP contribution >= 0.6 is 0 Å². The van der Waals surface area contributed by atoms with Gasteiger partial charge in [-0.3, -0.25) is 4.79 Å². The molecular formula is C22H27N3O3. The second-order valence-corrected chi connectivity index (χ2v) is 6.67. The molecule has 0 aliphatic heterocycles. The van der Waals surface area contributed by atoms with Crippen LogP contribution in [-0.4, -0.2) is 44.7 Å². The Balaban J connectivity index is 2.06. The summed E-state index contributed by atoms with van der Waals surface area (Å²) in [5.41, 5.74) is 3.21. The van der Waals surface area contributed by atoms with Gasteiger partial charge in [-0.05, 0) is 24.6 Å². The van der Waals surface area contributed by atoms with Crippen molar-refractivity contribution in [1.29, 1.82) is 0 Å². The second-order valence-electron chi connectivity index (χ2n) is 6.67. The fraction of sp³-hybridized carbons (Fsp3) is 0.318. The number of carbonyl (C=O) groups is 1. The molecule has 0 spiro atoms. The molecule has 0 saturated heterocycles. The van der Waals surface area contributed by atoms with E-state index in [9.17, 15) is 4.79 Å². The lowest BCUT2D eigenvalue weighted by molar-refractivity contribution is -0.122. The summed E-state index contributed by atoms with van der Waals surface area (Å²) in [4.78, 5) is 15.3. The molecule has 3 aromatic rings. The van der Waals surface area contributed by atoms with Crippen molar-refractivity contribution in [3.05, 3.63) is 59.8 Å². The summed E-state index contributed by atoms with van der Waals surface area (Å²) in [6.07, 6.45) is 2.03. The lowest BCUT2D eigenvalue weighted by Gasteiger charge is -2.23. The van der Waals surface area contributed by atoms with Crippen molar-refractivity contribution in [3.8, 4) is 11.5 Å². The molecule has 6 nitrogen and oxygen atoms in total. The highest BCUT2D eigenvalue weighted by molar-refractivity contribution is 5.84. The van der Waals surface area contributed by atoms with Gasteiger partial charge < -0.3 is 25.1 Å². The number of H-pyrrole nitrogens is 1. The van der Waals surface area contributed by atoms with E-state index in [1.54, 1.807) is 21.3 Å². The van der Waals surface area contributed by atoms with Gasteiger partial charge in [0.2, 0.25) is 5.91 Å². The first-order valence-corrected chi connectivity index (χ1v) is 9.32. The molecule has 3 rings (SSSR count). The summed E-state index contributed by atoms with van der Waals surface area (Å²) in [6.45, 7) is 2.42. The largest absolute Gasteiger partial charge is 0.493 e. The van der Waals surface area contributed by atoms with Crippen molar-refractivity contribution in [3.63, 3.8) is 0 Å². The van der Waals surface area contributed by atoms with E-state index in [0.29, 0.717) is 18.0 Å². The smallest absolute Gasteiger partial charge is 0.236 e. The van der Waals surface area contributed by atoms with Gasteiger partial charge in [-0.2, -0.15) is 0 Å². The Morgan fingerprint density at radius 1 is 1.07 bits per heavy atom. The Morgan fingerprint density at radius 2 is 1.86 bits per heavy atom. The third-order valence-electron chi connectivity index (χ3n) is 5.07. The highest BCUT2D eigenvalue weighted by Gasteiger charge is 2.24. The number of carbonyl (C=O) groups excluding carboxylic acids is 1. The average Bonchev–Trinajstić information content (AvgIpc) is 3.16. The fourth-order valence-electron chi connectivity index (χ4n) is 3.56. The van der Waals surface area contributed by atoms with Crippen LogP contribution < -0.4 is 20.1 Å². The first kappa shape index (κ1) is 19.8. The molecule has 1 aromatic heterocycles. The molecule has 2 aromatic carbocycles. The Kier molecular flexibility index (Phi) is 6.21. The lowest BCUT2D eigenvalue weighted by Crippen LogP contribution is -2.42. The first-order valence-electron chi connectivity index (χ1n) is 9.32. The summed E-state index contributed by atoms with van der Waals surface area (Å²) >= 11 is 0. The molecule has 6 heteroatoms. The SMILES string of the molecule is CNC(=O)[C@H](C)NC[C@@H](c1cccc(OC)c1OC)c1c[nH]c2ccccc12. The number of hydrogen-bond donors (Lipinski definition) is 3. The molecule has 0 aliphatic rings. The minimum absolute atomic E-state index is 0.0340. The predicted molar refractivity (Wildman–Crippen MR) is 111 cm³/mol. The van der Waals surface area contributed by atoms with E-state index in [1.807, 2.05) is 43.5 Å². The number of ether oxygens (including phenoxy) is 2. The molecule has 1 heterocycles. The van der Waals surface area contributed by atoms with E-state index < -0.39 is 0 Å². The van der Waals surface area contributed by atoms with E-state index in [0.717, 1.165) is 22.0 Å². The molecule has 0 unspecified atom stereocenters. The van der Waals surface area contributed by atoms with Crippen LogP contribution in [0.25, 0.3) is 10.9 Å². The molecule has 0 aliphatic carbocycles. The van der Waals surface area contributed by atoms with Crippen molar-refractivity contribution in [2.24, 2.45) is 0 Å². The fourth-order valence-corrected chi connectivity index (χ4v) is 3.56. The van der Waals surface area contributed by atoms with Crippen molar-refractivity contribution in [1.82, 2.24) is 15.6 Å². The minimum atomic E-state index is -0.311. The van der Waals surface area contributed by atoms with Gasteiger partial charge in [-0.1, -0.05) is 30.3 Å². The number of amides is 1. The maximum absolute atomic E-state index is 12.0. The lowest BCUT2D eigenvalue weighted by atomic mass is 9.89. The van der Waals surface area contributed by atoms with Gasteiger partial charge in [0, 0.05) is 42.2 Å². The molecule has 1 amide bonds. The van der Waals surface area contributed by atoms with E-state index in [2.05, 4.69) is 27.8 Å². The number of hydrogen-bond acceptors (Lipinski definition) is 4. The number of likely N-dealkylation sites (N-methyl/N-ethyl adjacent to an activating group) is 1. The Morgan fingerprint density at radius 3 is 2.57 bits per heavy atom. The number of fused-ring (bicyclic) bond motifs is 1. The number of rotatable bonds is 8. The number of nitrogens with one attached hydrogen (secondary N) is 3. The van der Waals surface area contributed by atoms with Crippen molar-refractivity contribution < 1.29 is 14.3 Å². The minimum Gasteiger partial charge on any atom is -0.493 e. The van der Waals surface area contributed by atoms with Crippen molar-refractivity contribution >= 4 is 16.8 Å². The standard InChI is InChI=1S/C22H27N3O3/c1-14(22(26)23-2)24-12-18(16-9-7-11-20(27-3)21(16)28-4)17-13-25-19-10-6-5-8-15(17)19/h5-11,13-14,18,24-25H,12H2,1-4H3,(H,23,26)/t14-,18-/m0/s1. The van der Waals surface area contributed by atoms with Crippen LogP contribution in [0.3, 0.4) is 0 Å². The Hall–Kier alpha value is -2.99. The van der Waals surface area contributed by atoms with Crippen LogP contribution in [0.2, 0.25) is 0 Å². The van der Waals surface area contributed by atoms with Crippen LogP contribution in [0.1, 0.15) is 24.0 Å². The number of aromatic amines is 1. The zero-order valence-electron chi connectivity index (χ0n) is 16.7. The molecule has 0 bridgehead atoms. The summed E-state index contributed by atoms with van der Waals surface area (Å²) in [5.74, 6) is 1.31. The van der Waals surface area contributed by atoms with Gasteiger partial charge >= 0.3 is 0 Å². The summed E-state index contributed by atoms with van der Waals surface area (Å²) in [7, 11) is 4.92. The van der Waals surface area contributed by atoms with Crippen LogP contribution in [0, 0.1) is 0 Å². The van der Waals surface area contributed by atoms with Crippen molar-refractivity contribution in [2.45, 2.75) is 18.9 Å². The Bertz CT molecular complexity index is 951. The van der Waals surface area contributed by atoms with Gasteiger partial charge in [0.05, 0.1) is 20.3 Å². The van der Waals surface area contributed by atoms with Gasteiger partial charge in [0.25, 0.3) is 0 Å². The van der Waals surface area contributed by atoms with Crippen LogP contribution in [0.15, 0.2) is 48.7 Å². The van der Waals surface area contributed by atoms with E-state index in [4.69, 9.17) is 9.47 Å². The highest BCUT2D eigenvalue weighted by atomic mass is 16.5. The number of methoxy groups -OCH3 is 2. The normalized spacial score (nSPS) is 13.1. The molecule has 0 fully saturated rings. The maximum Gasteiger partial charge on any atom is 0.236 e. The highest BCUT2D eigenvalue weighted by Crippen LogP contribution is 2.40. The predicted octanol–water partition coefficient (Wildman–Crippen LogP) is 3.04. The zero-order chi connectivity index (χ0) is 20.1. The molecule has 3 N–H and O–H groups in total. The molecule has 2 atom stereocenters. The third-order valence-corrected chi connectivity index (χ3v) is 5.07. The molecule has 28 heavy (non-hydrogen) atoms. The van der Waals surface area contributed by atoms with Crippen LogP contribution in [0.4, 0.5) is 0 Å². The molecule has 0 radical (unpaired) electrons.